The summed E-state index contributed by atoms with van der Waals surface area (Å²) in [6, 6.07) is -0.479. The highest BCUT2D eigenvalue weighted by molar-refractivity contribution is 9.10. The predicted octanol–water partition coefficient (Wildman–Crippen LogP) is 0.643. The van der Waals surface area contributed by atoms with Crippen LogP contribution in [0.4, 0.5) is 4.79 Å². The molecule has 0 radical (unpaired) electrons. The van der Waals surface area contributed by atoms with Crippen LogP contribution in [-0.4, -0.2) is 46.8 Å². The lowest BCUT2D eigenvalue weighted by Crippen LogP contribution is -2.44. The highest BCUT2D eigenvalue weighted by atomic mass is 79.9. The van der Waals surface area contributed by atoms with Crippen LogP contribution in [0.3, 0.4) is 0 Å². The highest BCUT2D eigenvalue weighted by Crippen LogP contribution is 2.22. The van der Waals surface area contributed by atoms with Crippen molar-refractivity contribution >= 4 is 33.8 Å². The molecular formula is C10H15BrN2O4. The van der Waals surface area contributed by atoms with Gasteiger partial charge in [-0.2, -0.15) is 0 Å². The largest absolute Gasteiger partial charge is 0.468 e. The summed E-state index contributed by atoms with van der Waals surface area (Å²) in [7, 11) is 1.25. The molecule has 0 spiro atoms. The minimum Gasteiger partial charge on any atom is -0.468 e. The van der Waals surface area contributed by atoms with E-state index in [0.29, 0.717) is 6.42 Å². The van der Waals surface area contributed by atoms with E-state index >= 15 is 0 Å². The number of carbonyl (C=O) groups is 3. The zero-order valence-electron chi connectivity index (χ0n) is 9.95. The standard InChI is InChI=1S/C10H15BrN2O4/c1-4-10(2)8(15)13(9(16)12-10)5-6(11)7(14)17-3/h6H,4-5H2,1-3H3,(H,12,16). The second-order valence-electron chi connectivity index (χ2n) is 4.02. The molecule has 7 heteroatoms. The van der Waals surface area contributed by atoms with Gasteiger partial charge >= 0.3 is 12.0 Å². The van der Waals surface area contributed by atoms with Crippen LogP contribution in [0.2, 0.25) is 0 Å². The molecule has 0 saturated carbocycles. The molecule has 3 amide bonds. The van der Waals surface area contributed by atoms with E-state index in [1.807, 2.05) is 6.92 Å². The van der Waals surface area contributed by atoms with E-state index in [4.69, 9.17) is 0 Å². The Bertz CT molecular complexity index is 360. The lowest BCUT2D eigenvalue weighted by molar-refractivity contribution is -0.140. The third kappa shape index (κ3) is 2.59. The van der Waals surface area contributed by atoms with Crippen LogP contribution in [0.1, 0.15) is 20.3 Å². The maximum atomic E-state index is 12.0. The lowest BCUT2D eigenvalue weighted by atomic mass is 9.99. The maximum Gasteiger partial charge on any atom is 0.325 e. The van der Waals surface area contributed by atoms with Crippen LogP contribution in [0.15, 0.2) is 0 Å². The van der Waals surface area contributed by atoms with Gasteiger partial charge in [-0.3, -0.25) is 14.5 Å². The summed E-state index contributed by atoms with van der Waals surface area (Å²) >= 11 is 3.08. The second kappa shape index (κ2) is 5.03. The lowest BCUT2D eigenvalue weighted by Gasteiger charge is -2.20. The van der Waals surface area contributed by atoms with Crippen molar-refractivity contribution in [2.75, 3.05) is 13.7 Å². The van der Waals surface area contributed by atoms with Gasteiger partial charge in [0.15, 0.2) is 0 Å². The molecule has 1 fully saturated rings. The number of imide groups is 1. The first-order chi connectivity index (χ1) is 7.85. The van der Waals surface area contributed by atoms with Crippen molar-refractivity contribution in [2.24, 2.45) is 0 Å². The molecule has 2 unspecified atom stereocenters. The molecule has 1 aliphatic heterocycles. The first-order valence-electron chi connectivity index (χ1n) is 5.21. The number of hydrogen-bond donors (Lipinski definition) is 1. The molecule has 1 heterocycles. The fourth-order valence-corrected chi connectivity index (χ4v) is 1.99. The molecule has 0 aromatic rings. The van der Waals surface area contributed by atoms with E-state index in [-0.39, 0.29) is 12.5 Å². The summed E-state index contributed by atoms with van der Waals surface area (Å²) in [6.45, 7) is 3.44. The molecule has 1 aliphatic rings. The Labute approximate surface area is 108 Å². The van der Waals surface area contributed by atoms with E-state index < -0.39 is 22.4 Å². The Hall–Kier alpha value is -1.11. The van der Waals surface area contributed by atoms with E-state index in [2.05, 4.69) is 26.0 Å². The molecule has 0 aliphatic carbocycles. The summed E-state index contributed by atoms with van der Waals surface area (Å²) in [5.74, 6) is -0.839. The number of ether oxygens (including phenoxy) is 1. The van der Waals surface area contributed by atoms with E-state index in [1.165, 1.54) is 7.11 Å². The number of urea groups is 1. The van der Waals surface area contributed by atoms with Crippen molar-refractivity contribution < 1.29 is 19.1 Å². The molecule has 0 aromatic carbocycles. The van der Waals surface area contributed by atoms with Gasteiger partial charge in [0.25, 0.3) is 5.91 Å². The van der Waals surface area contributed by atoms with Crippen molar-refractivity contribution in [2.45, 2.75) is 30.6 Å². The highest BCUT2D eigenvalue weighted by Gasteiger charge is 2.47. The number of rotatable bonds is 4. The van der Waals surface area contributed by atoms with Crippen molar-refractivity contribution in [3.63, 3.8) is 0 Å². The van der Waals surface area contributed by atoms with Gasteiger partial charge in [0.2, 0.25) is 0 Å². The zero-order chi connectivity index (χ0) is 13.2. The first kappa shape index (κ1) is 14.0. The number of nitrogens with zero attached hydrogens (tertiary/aromatic N) is 1. The molecule has 17 heavy (non-hydrogen) atoms. The number of amides is 3. The Balaban J connectivity index is 2.76. The monoisotopic (exact) mass is 306 g/mol. The minimum atomic E-state index is -0.875. The molecule has 1 rings (SSSR count). The average Bonchev–Trinajstić information content (AvgIpc) is 2.52. The van der Waals surface area contributed by atoms with Gasteiger partial charge < -0.3 is 10.1 Å². The number of nitrogens with one attached hydrogen (secondary N) is 1. The minimum absolute atomic E-state index is 0.0348. The Morgan fingerprint density at radius 1 is 1.59 bits per heavy atom. The summed E-state index contributed by atoms with van der Waals surface area (Å²) < 4.78 is 4.52. The summed E-state index contributed by atoms with van der Waals surface area (Å²) in [4.78, 5) is 35.1. The molecule has 0 bridgehead atoms. The van der Waals surface area contributed by atoms with Gasteiger partial charge in [-0.25, -0.2) is 4.79 Å². The van der Waals surface area contributed by atoms with Gasteiger partial charge in [-0.15, -0.1) is 0 Å². The number of methoxy groups -OCH3 is 1. The normalized spacial score (nSPS) is 25.8. The predicted molar refractivity (Wildman–Crippen MR) is 63.7 cm³/mol. The van der Waals surface area contributed by atoms with Crippen LogP contribution in [-0.2, 0) is 14.3 Å². The zero-order valence-corrected chi connectivity index (χ0v) is 11.5. The van der Waals surface area contributed by atoms with Gasteiger partial charge in [0.1, 0.15) is 10.4 Å². The Kier molecular flexibility index (Phi) is 4.13. The molecule has 96 valence electrons. The topological polar surface area (TPSA) is 75.7 Å². The molecule has 1 N–H and O–H groups in total. The fraction of sp³-hybridized carbons (Fsp3) is 0.700. The summed E-state index contributed by atoms with van der Waals surface area (Å²) in [5, 5.41) is 2.61. The second-order valence-corrected chi connectivity index (χ2v) is 5.13. The van der Waals surface area contributed by atoms with Crippen molar-refractivity contribution in [1.29, 1.82) is 0 Å². The number of carbonyl (C=O) groups excluding carboxylic acids is 3. The van der Waals surface area contributed by atoms with Gasteiger partial charge in [-0.1, -0.05) is 22.9 Å². The molecule has 0 aromatic heterocycles. The van der Waals surface area contributed by atoms with Crippen LogP contribution < -0.4 is 5.32 Å². The average molecular weight is 307 g/mol. The SMILES string of the molecule is CCC1(C)NC(=O)N(CC(Br)C(=O)OC)C1=O. The maximum absolute atomic E-state index is 12.0. The first-order valence-corrected chi connectivity index (χ1v) is 6.13. The number of alkyl halides is 1. The molecular weight excluding hydrogens is 292 g/mol. The molecule has 6 nitrogen and oxygen atoms in total. The van der Waals surface area contributed by atoms with Crippen LogP contribution in [0, 0.1) is 0 Å². The number of halogens is 1. The fourth-order valence-electron chi connectivity index (χ4n) is 1.52. The summed E-state index contributed by atoms with van der Waals surface area (Å²) in [6.07, 6.45) is 0.499. The number of esters is 1. The third-order valence-electron chi connectivity index (χ3n) is 2.85. The van der Waals surface area contributed by atoms with Crippen molar-refractivity contribution in [3.05, 3.63) is 0 Å². The Morgan fingerprint density at radius 3 is 2.59 bits per heavy atom. The summed E-state index contributed by atoms with van der Waals surface area (Å²) in [5.41, 5.74) is -0.875. The van der Waals surface area contributed by atoms with E-state index in [1.54, 1.807) is 6.92 Å². The van der Waals surface area contributed by atoms with Crippen LogP contribution in [0.25, 0.3) is 0 Å². The van der Waals surface area contributed by atoms with Crippen LogP contribution in [0.5, 0.6) is 0 Å². The van der Waals surface area contributed by atoms with Crippen molar-refractivity contribution in [3.8, 4) is 0 Å². The molecule has 1 saturated heterocycles. The smallest absolute Gasteiger partial charge is 0.325 e. The van der Waals surface area contributed by atoms with Crippen molar-refractivity contribution in [1.82, 2.24) is 10.2 Å². The Morgan fingerprint density at radius 2 is 2.18 bits per heavy atom. The quantitative estimate of drug-likeness (QED) is 0.470. The molecule has 2 atom stereocenters. The van der Waals surface area contributed by atoms with E-state index in [9.17, 15) is 14.4 Å². The van der Waals surface area contributed by atoms with Gasteiger partial charge in [-0.05, 0) is 13.3 Å². The third-order valence-corrected chi connectivity index (χ3v) is 3.52. The van der Waals surface area contributed by atoms with E-state index in [0.717, 1.165) is 4.90 Å². The number of hydrogen-bond acceptors (Lipinski definition) is 4. The van der Waals surface area contributed by atoms with Gasteiger partial charge in [0.05, 0.1) is 13.7 Å². The van der Waals surface area contributed by atoms with Gasteiger partial charge in [0, 0.05) is 0 Å². The van der Waals surface area contributed by atoms with Crippen LogP contribution >= 0.6 is 15.9 Å².